The molecule has 0 aliphatic carbocycles. The highest BCUT2D eigenvalue weighted by Gasteiger charge is 2.59. The van der Waals surface area contributed by atoms with Gasteiger partial charge in [-0.3, -0.25) is 4.57 Å². The summed E-state index contributed by atoms with van der Waals surface area (Å²) in [5.41, 5.74) is -0.208. The summed E-state index contributed by atoms with van der Waals surface area (Å²) in [5, 5.41) is 13.8. The maximum atomic E-state index is 18.0. The molecule has 1 fully saturated rings. The highest BCUT2D eigenvalue weighted by molar-refractivity contribution is 5.78. The van der Waals surface area contributed by atoms with E-state index in [0.29, 0.717) is 34.1 Å². The molecular formula is C55H52FN5O10. The molecule has 3 heterocycles. The Morgan fingerprint density at radius 1 is 0.648 bits per heavy atom. The molecule has 1 aliphatic heterocycles. The number of anilines is 1. The van der Waals surface area contributed by atoms with E-state index in [4.69, 9.17) is 47.9 Å². The Morgan fingerprint density at radius 3 is 1.54 bits per heavy atom. The van der Waals surface area contributed by atoms with Crippen LogP contribution >= 0.6 is 0 Å². The SMILES string of the molecule is COc1ccc(C(Nc2nc(OC)c3ncn(C4O[C@H](COC(c5ccccc5)(c5ccc(OC)cc5)c5ccc(OC)cc5)[C@@H](OC(=O)O)[C@@]4(C)F)c3n2)(c2ccccc2)c2ccc(OC)cc2)cc1. The second kappa shape index (κ2) is 20.0. The molecule has 0 bridgehead atoms. The summed E-state index contributed by atoms with van der Waals surface area (Å²) in [6, 6.07) is 49.3. The number of imidazole rings is 1. The predicted octanol–water partition coefficient (Wildman–Crippen LogP) is 9.97. The van der Waals surface area contributed by atoms with Crippen LogP contribution in [0.4, 0.5) is 15.1 Å². The molecule has 1 unspecified atom stereocenters. The van der Waals surface area contributed by atoms with Crippen LogP contribution in [0.2, 0.25) is 0 Å². The van der Waals surface area contributed by atoms with Gasteiger partial charge in [-0.25, -0.2) is 14.2 Å². The van der Waals surface area contributed by atoms with E-state index < -0.39 is 41.4 Å². The van der Waals surface area contributed by atoms with E-state index >= 15 is 4.39 Å². The van der Waals surface area contributed by atoms with Crippen LogP contribution in [0.3, 0.4) is 0 Å². The van der Waals surface area contributed by atoms with Gasteiger partial charge in [-0.15, -0.1) is 0 Å². The zero-order valence-corrected chi connectivity index (χ0v) is 39.8. The van der Waals surface area contributed by atoms with Gasteiger partial charge >= 0.3 is 6.16 Å². The van der Waals surface area contributed by atoms with Crippen LogP contribution < -0.4 is 29.0 Å². The maximum absolute atomic E-state index is 18.0. The molecule has 2 aromatic heterocycles. The minimum absolute atomic E-state index is 0.0751. The van der Waals surface area contributed by atoms with Crippen molar-refractivity contribution in [1.82, 2.24) is 19.5 Å². The first-order chi connectivity index (χ1) is 34.5. The predicted molar refractivity (Wildman–Crippen MR) is 262 cm³/mol. The number of nitrogens with zero attached hydrogens (tertiary/aromatic N) is 4. The summed E-state index contributed by atoms with van der Waals surface area (Å²) in [5.74, 6) is 2.70. The molecule has 0 saturated carbocycles. The average Bonchev–Trinajstić information content (AvgIpc) is 3.94. The molecule has 15 nitrogen and oxygen atoms in total. The Labute approximate surface area is 409 Å². The number of aromatic nitrogens is 4. The number of hydrogen-bond acceptors (Lipinski definition) is 13. The zero-order chi connectivity index (χ0) is 49.8. The summed E-state index contributed by atoms with van der Waals surface area (Å²) in [6.45, 7) is 0.863. The minimum atomic E-state index is -2.54. The van der Waals surface area contributed by atoms with E-state index in [0.717, 1.165) is 22.3 Å². The van der Waals surface area contributed by atoms with Crippen LogP contribution in [0.25, 0.3) is 11.2 Å². The van der Waals surface area contributed by atoms with Crippen LogP contribution in [-0.4, -0.2) is 90.8 Å². The lowest BCUT2D eigenvalue weighted by molar-refractivity contribution is -0.0973. The molecular weight excluding hydrogens is 910 g/mol. The highest BCUT2D eigenvalue weighted by Crippen LogP contribution is 2.48. The van der Waals surface area contributed by atoms with Gasteiger partial charge < -0.3 is 48.3 Å². The van der Waals surface area contributed by atoms with Crippen molar-refractivity contribution in [3.63, 3.8) is 0 Å². The van der Waals surface area contributed by atoms with Crippen molar-refractivity contribution in [3.05, 3.63) is 197 Å². The van der Waals surface area contributed by atoms with E-state index in [9.17, 15) is 9.90 Å². The number of fused-ring (bicyclic) bond motifs is 1. The molecule has 16 heteroatoms. The number of halogens is 1. The van der Waals surface area contributed by atoms with Crippen molar-refractivity contribution in [2.75, 3.05) is 47.5 Å². The van der Waals surface area contributed by atoms with Crippen molar-refractivity contribution < 1.29 is 52.2 Å². The van der Waals surface area contributed by atoms with Gasteiger partial charge in [-0.05, 0) is 88.8 Å². The van der Waals surface area contributed by atoms with Crippen LogP contribution in [0, 0.1) is 0 Å². The average molecular weight is 962 g/mol. The van der Waals surface area contributed by atoms with Gasteiger partial charge in [0.05, 0.1) is 48.5 Å². The van der Waals surface area contributed by atoms with E-state index in [-0.39, 0.29) is 29.6 Å². The van der Waals surface area contributed by atoms with Crippen molar-refractivity contribution in [1.29, 1.82) is 0 Å². The molecule has 0 radical (unpaired) electrons. The summed E-state index contributed by atoms with van der Waals surface area (Å²) < 4.78 is 66.5. The number of carbonyl (C=O) groups is 1. The van der Waals surface area contributed by atoms with Gasteiger partial charge in [0, 0.05) is 0 Å². The summed E-state index contributed by atoms with van der Waals surface area (Å²) >= 11 is 0. The quantitative estimate of drug-likeness (QED) is 0.0616. The fourth-order valence-electron chi connectivity index (χ4n) is 9.43. The zero-order valence-electron chi connectivity index (χ0n) is 39.8. The third kappa shape index (κ3) is 8.87. The number of nitrogens with one attached hydrogen (secondary N) is 1. The Morgan fingerprint density at radius 2 is 1.08 bits per heavy atom. The lowest BCUT2D eigenvalue weighted by Crippen LogP contribution is -2.45. The second-order valence-electron chi connectivity index (χ2n) is 16.9. The summed E-state index contributed by atoms with van der Waals surface area (Å²) in [7, 11) is 7.81. The Bertz CT molecular complexity index is 2970. The number of ether oxygens (including phenoxy) is 8. The fourth-order valence-corrected chi connectivity index (χ4v) is 9.43. The molecule has 9 rings (SSSR count). The largest absolute Gasteiger partial charge is 0.506 e. The molecule has 2 N–H and O–H groups in total. The van der Waals surface area contributed by atoms with Crippen LogP contribution in [0.5, 0.6) is 28.9 Å². The first-order valence-corrected chi connectivity index (χ1v) is 22.6. The summed E-state index contributed by atoms with van der Waals surface area (Å²) in [6.07, 6.45) is -4.93. The standard InChI is InChI=1S/C55H52FN5O10/c1-53(56)47(71-52(62)63)45(33-69-55(38-15-11-8-12-16-38,39-21-29-43(66-4)30-22-39)40-23-31-44(67-5)32-24-40)70-50(53)61-34-57-46-48(61)58-51(59-49(46)68-6)60-54(35-13-9-7-10-14-35,36-17-25-41(64-2)26-18-36)37-19-27-42(65-3)28-20-37/h7-32,34,45,47,50H,33H2,1-6H3,(H,62,63)(H,58,59,60)/t45-,47-,50?,53-/m1/s1. The fraction of sp³-hybridized carbons (Fsp3) is 0.236. The van der Waals surface area contributed by atoms with Gasteiger partial charge in [-0.2, -0.15) is 9.97 Å². The first-order valence-electron chi connectivity index (χ1n) is 22.6. The van der Waals surface area contributed by atoms with Gasteiger partial charge in [0.1, 0.15) is 40.2 Å². The molecule has 6 aromatic carbocycles. The molecule has 0 spiro atoms. The third-order valence-electron chi connectivity index (χ3n) is 12.9. The third-order valence-corrected chi connectivity index (χ3v) is 12.9. The first kappa shape index (κ1) is 47.8. The molecule has 4 atom stereocenters. The minimum Gasteiger partial charge on any atom is -0.497 e. The highest BCUT2D eigenvalue weighted by atomic mass is 19.1. The van der Waals surface area contributed by atoms with Gasteiger partial charge in [0.2, 0.25) is 11.8 Å². The number of methoxy groups -OCH3 is 5. The van der Waals surface area contributed by atoms with Crippen LogP contribution in [0.15, 0.2) is 164 Å². The van der Waals surface area contributed by atoms with Crippen molar-refractivity contribution in [2.45, 2.75) is 42.2 Å². The monoisotopic (exact) mass is 961 g/mol. The van der Waals surface area contributed by atoms with Crippen molar-refractivity contribution in [3.8, 4) is 28.9 Å². The second-order valence-corrected chi connectivity index (χ2v) is 16.9. The lowest BCUT2D eigenvalue weighted by Gasteiger charge is -2.37. The Balaban J connectivity index is 1.15. The van der Waals surface area contributed by atoms with E-state index in [2.05, 4.69) is 10.3 Å². The van der Waals surface area contributed by atoms with Crippen molar-refractivity contribution in [2.24, 2.45) is 0 Å². The maximum Gasteiger partial charge on any atom is 0.506 e. The number of rotatable bonds is 18. The van der Waals surface area contributed by atoms with E-state index in [1.54, 1.807) is 28.4 Å². The Kier molecular flexibility index (Phi) is 13.5. The van der Waals surface area contributed by atoms with Crippen molar-refractivity contribution >= 4 is 23.3 Å². The number of alkyl halides is 1. The normalized spacial score (nSPS) is 17.9. The lowest BCUT2D eigenvalue weighted by atomic mass is 9.77. The van der Waals surface area contributed by atoms with Gasteiger partial charge in [0.25, 0.3) is 0 Å². The number of hydrogen-bond donors (Lipinski definition) is 2. The smallest absolute Gasteiger partial charge is 0.497 e. The van der Waals surface area contributed by atoms with Crippen LogP contribution in [0.1, 0.15) is 46.5 Å². The van der Waals surface area contributed by atoms with Gasteiger partial charge in [0.15, 0.2) is 29.2 Å². The topological polar surface area (TPSA) is 167 Å². The molecule has 8 aromatic rings. The molecule has 364 valence electrons. The van der Waals surface area contributed by atoms with Gasteiger partial charge in [-0.1, -0.05) is 109 Å². The van der Waals surface area contributed by atoms with E-state index in [1.165, 1.54) is 24.9 Å². The van der Waals surface area contributed by atoms with E-state index in [1.807, 2.05) is 158 Å². The molecule has 71 heavy (non-hydrogen) atoms. The number of carboxylic acid groups (broad SMARTS) is 1. The molecule has 1 aliphatic rings. The number of benzene rings is 6. The summed E-state index contributed by atoms with van der Waals surface area (Å²) in [4.78, 5) is 26.9. The molecule has 1 saturated heterocycles. The molecule has 0 amide bonds. The van der Waals surface area contributed by atoms with Crippen LogP contribution in [-0.2, 0) is 25.4 Å². The Hall–Kier alpha value is -8.21.